The van der Waals surface area contributed by atoms with Crippen molar-refractivity contribution >= 4 is 15.9 Å². The van der Waals surface area contributed by atoms with Crippen LogP contribution in [-0.4, -0.2) is 14.9 Å². The highest BCUT2D eigenvalue weighted by Crippen LogP contribution is 2.28. The van der Waals surface area contributed by atoms with Gasteiger partial charge in [-0.1, -0.05) is 15.9 Å². The van der Waals surface area contributed by atoms with Gasteiger partial charge in [-0.05, 0) is 30.7 Å². The highest BCUT2D eigenvalue weighted by molar-refractivity contribution is 9.10. The van der Waals surface area contributed by atoms with Crippen LogP contribution in [0.15, 0.2) is 28.9 Å². The zero-order valence-electron chi connectivity index (χ0n) is 9.57. The van der Waals surface area contributed by atoms with E-state index >= 15 is 0 Å². The maximum absolute atomic E-state index is 13.0. The molecule has 3 nitrogen and oxygen atoms in total. The van der Waals surface area contributed by atoms with Crippen LogP contribution in [0.5, 0.6) is 0 Å². The van der Waals surface area contributed by atoms with Gasteiger partial charge < -0.3 is 5.11 Å². The van der Waals surface area contributed by atoms with E-state index in [1.54, 1.807) is 12.1 Å². The van der Waals surface area contributed by atoms with Crippen LogP contribution < -0.4 is 0 Å². The standard InChI is InChI=1S/C12H11BrF2N2O/c1-7-4-9(13)2-3-10(7)17-11(12(14)15)8(6-18)5-16-17/h2-5,12,18H,6H2,1H3. The molecule has 1 aromatic carbocycles. The van der Waals surface area contributed by atoms with Gasteiger partial charge in [0, 0.05) is 10.0 Å². The van der Waals surface area contributed by atoms with Crippen LogP contribution in [0.2, 0.25) is 0 Å². The molecule has 96 valence electrons. The summed E-state index contributed by atoms with van der Waals surface area (Å²) in [4.78, 5) is 0. The summed E-state index contributed by atoms with van der Waals surface area (Å²) in [5, 5.41) is 13.0. The van der Waals surface area contributed by atoms with Crippen molar-refractivity contribution in [3.63, 3.8) is 0 Å². The lowest BCUT2D eigenvalue weighted by Crippen LogP contribution is -2.06. The zero-order valence-corrected chi connectivity index (χ0v) is 11.2. The van der Waals surface area contributed by atoms with Crippen LogP contribution in [0.3, 0.4) is 0 Å². The molecule has 0 saturated heterocycles. The van der Waals surface area contributed by atoms with Crippen LogP contribution in [-0.2, 0) is 6.61 Å². The molecule has 2 rings (SSSR count). The highest BCUT2D eigenvalue weighted by atomic mass is 79.9. The van der Waals surface area contributed by atoms with E-state index in [2.05, 4.69) is 21.0 Å². The van der Waals surface area contributed by atoms with Crippen LogP contribution in [0.4, 0.5) is 8.78 Å². The van der Waals surface area contributed by atoms with Gasteiger partial charge in [-0.25, -0.2) is 13.5 Å². The minimum absolute atomic E-state index is 0.146. The fourth-order valence-corrected chi connectivity index (χ4v) is 2.27. The second-order valence-corrected chi connectivity index (χ2v) is 4.77. The third-order valence-corrected chi connectivity index (χ3v) is 3.14. The predicted octanol–water partition coefficient (Wildman–Crippen LogP) is 3.37. The average molecular weight is 317 g/mol. The maximum atomic E-state index is 13.0. The molecule has 0 radical (unpaired) electrons. The molecule has 0 unspecified atom stereocenters. The van der Waals surface area contributed by atoms with Crippen molar-refractivity contribution in [3.8, 4) is 5.69 Å². The Morgan fingerprint density at radius 2 is 2.17 bits per heavy atom. The molecule has 1 aromatic heterocycles. The molecule has 2 aromatic rings. The molecule has 0 aliphatic carbocycles. The van der Waals surface area contributed by atoms with Crippen LogP contribution in [0.1, 0.15) is 23.2 Å². The molecule has 0 aliphatic heterocycles. The number of aromatic nitrogens is 2. The van der Waals surface area contributed by atoms with Gasteiger partial charge in [0.05, 0.1) is 18.5 Å². The van der Waals surface area contributed by atoms with E-state index in [1.807, 2.05) is 13.0 Å². The third kappa shape index (κ3) is 2.30. The van der Waals surface area contributed by atoms with E-state index in [0.29, 0.717) is 5.69 Å². The fourth-order valence-electron chi connectivity index (χ4n) is 1.79. The minimum Gasteiger partial charge on any atom is -0.392 e. The Labute approximate surface area is 111 Å². The Bertz CT molecular complexity index is 569. The van der Waals surface area contributed by atoms with E-state index in [1.165, 1.54) is 10.9 Å². The normalized spacial score (nSPS) is 11.2. The first-order chi connectivity index (χ1) is 8.54. The summed E-state index contributed by atoms with van der Waals surface area (Å²) in [7, 11) is 0. The number of hydrogen-bond donors (Lipinski definition) is 1. The van der Waals surface area contributed by atoms with Gasteiger partial charge in [-0.3, -0.25) is 0 Å². The molecule has 0 bridgehead atoms. The monoisotopic (exact) mass is 316 g/mol. The number of benzene rings is 1. The molecule has 18 heavy (non-hydrogen) atoms. The van der Waals surface area contributed by atoms with Gasteiger partial charge in [-0.2, -0.15) is 5.10 Å². The number of aliphatic hydroxyl groups is 1. The summed E-state index contributed by atoms with van der Waals surface area (Å²) in [6.07, 6.45) is -1.42. The van der Waals surface area contributed by atoms with Crippen molar-refractivity contribution in [1.82, 2.24) is 9.78 Å². The lowest BCUT2D eigenvalue weighted by atomic mass is 10.2. The van der Waals surface area contributed by atoms with E-state index in [0.717, 1.165) is 10.0 Å². The summed E-state index contributed by atoms with van der Waals surface area (Å²) in [6, 6.07) is 5.29. The lowest BCUT2D eigenvalue weighted by molar-refractivity contribution is 0.138. The summed E-state index contributed by atoms with van der Waals surface area (Å²) >= 11 is 3.32. The van der Waals surface area contributed by atoms with Gasteiger partial charge >= 0.3 is 0 Å². The quantitative estimate of drug-likeness (QED) is 0.942. The molecule has 0 aliphatic rings. The topological polar surface area (TPSA) is 38.0 Å². The van der Waals surface area contributed by atoms with E-state index in [-0.39, 0.29) is 11.3 Å². The maximum Gasteiger partial charge on any atom is 0.280 e. The van der Waals surface area contributed by atoms with Gasteiger partial charge in [0.15, 0.2) is 0 Å². The Balaban J connectivity index is 2.60. The molecule has 0 fully saturated rings. The van der Waals surface area contributed by atoms with Gasteiger partial charge in [-0.15, -0.1) is 0 Å². The summed E-state index contributed by atoms with van der Waals surface area (Å²) in [5.74, 6) is 0. The van der Waals surface area contributed by atoms with E-state index in [9.17, 15) is 8.78 Å². The Morgan fingerprint density at radius 1 is 1.44 bits per heavy atom. The van der Waals surface area contributed by atoms with Crippen LogP contribution in [0.25, 0.3) is 5.69 Å². The van der Waals surface area contributed by atoms with Crippen molar-refractivity contribution in [2.24, 2.45) is 0 Å². The number of aliphatic hydroxyl groups excluding tert-OH is 1. The first-order valence-corrected chi connectivity index (χ1v) is 6.06. The molecule has 1 heterocycles. The summed E-state index contributed by atoms with van der Waals surface area (Å²) in [5.41, 5.74) is 1.28. The highest BCUT2D eigenvalue weighted by Gasteiger charge is 2.21. The third-order valence-electron chi connectivity index (χ3n) is 2.65. The van der Waals surface area contributed by atoms with Crippen molar-refractivity contribution in [3.05, 3.63) is 45.7 Å². The molecular formula is C12H11BrF2N2O. The van der Waals surface area contributed by atoms with Gasteiger partial charge in [0.1, 0.15) is 5.69 Å². The Kier molecular flexibility index (Phi) is 3.77. The van der Waals surface area contributed by atoms with Crippen molar-refractivity contribution in [1.29, 1.82) is 0 Å². The summed E-state index contributed by atoms with van der Waals surface area (Å²) < 4.78 is 28.1. The largest absolute Gasteiger partial charge is 0.392 e. The minimum atomic E-state index is -2.68. The fraction of sp³-hybridized carbons (Fsp3) is 0.250. The van der Waals surface area contributed by atoms with Gasteiger partial charge in [0.2, 0.25) is 0 Å². The SMILES string of the molecule is Cc1cc(Br)ccc1-n1ncc(CO)c1C(F)F. The van der Waals surface area contributed by atoms with Crippen molar-refractivity contribution in [2.45, 2.75) is 20.0 Å². The average Bonchev–Trinajstić information content (AvgIpc) is 2.72. The Morgan fingerprint density at radius 3 is 2.72 bits per heavy atom. The molecule has 6 heteroatoms. The molecule has 0 atom stereocenters. The van der Waals surface area contributed by atoms with E-state index in [4.69, 9.17) is 5.11 Å². The lowest BCUT2D eigenvalue weighted by Gasteiger charge is -2.11. The Hall–Kier alpha value is -1.27. The summed E-state index contributed by atoms with van der Waals surface area (Å²) in [6.45, 7) is 1.37. The number of nitrogens with zero attached hydrogens (tertiary/aromatic N) is 2. The number of hydrogen-bond acceptors (Lipinski definition) is 2. The zero-order chi connectivity index (χ0) is 13.3. The number of halogens is 3. The molecule has 0 amide bonds. The van der Waals surface area contributed by atoms with Crippen LogP contribution >= 0.6 is 15.9 Å². The predicted molar refractivity (Wildman–Crippen MR) is 66.9 cm³/mol. The van der Waals surface area contributed by atoms with E-state index < -0.39 is 13.0 Å². The van der Waals surface area contributed by atoms with Crippen LogP contribution in [0, 0.1) is 6.92 Å². The first kappa shape index (κ1) is 13.2. The first-order valence-electron chi connectivity index (χ1n) is 5.27. The second kappa shape index (κ2) is 5.16. The number of rotatable bonds is 3. The van der Waals surface area contributed by atoms with Crippen molar-refractivity contribution in [2.75, 3.05) is 0 Å². The molecule has 0 spiro atoms. The van der Waals surface area contributed by atoms with Crippen molar-refractivity contribution < 1.29 is 13.9 Å². The molecule has 0 saturated carbocycles. The molecule has 1 N–H and O–H groups in total. The number of alkyl halides is 2. The smallest absolute Gasteiger partial charge is 0.280 e. The number of aryl methyl sites for hydroxylation is 1. The second-order valence-electron chi connectivity index (χ2n) is 3.86. The molecular weight excluding hydrogens is 306 g/mol. The van der Waals surface area contributed by atoms with Gasteiger partial charge in [0.25, 0.3) is 6.43 Å².